The smallest absolute Gasteiger partial charge is 0.175 e. The van der Waals surface area contributed by atoms with E-state index in [1.807, 2.05) is 0 Å². The number of anilines is 1. The predicted molar refractivity (Wildman–Crippen MR) is 72.1 cm³/mol. The maximum absolute atomic E-state index is 13.0. The Hall–Kier alpha value is -1.84. The molecular formula is C15H17FN2O. The van der Waals surface area contributed by atoms with E-state index in [0.29, 0.717) is 5.82 Å². The number of nitrogens with zero attached hydrogens (tertiary/aromatic N) is 1. The fourth-order valence-electron chi connectivity index (χ4n) is 2.99. The van der Waals surface area contributed by atoms with Crippen molar-refractivity contribution in [1.82, 2.24) is 5.16 Å². The van der Waals surface area contributed by atoms with Gasteiger partial charge in [0.25, 0.3) is 0 Å². The topological polar surface area (TPSA) is 52.0 Å². The Morgan fingerprint density at radius 3 is 2.47 bits per heavy atom. The third kappa shape index (κ3) is 2.01. The van der Waals surface area contributed by atoms with E-state index in [0.717, 1.165) is 29.7 Å². The van der Waals surface area contributed by atoms with Gasteiger partial charge in [0, 0.05) is 5.41 Å². The molecule has 3 nitrogen and oxygen atoms in total. The van der Waals surface area contributed by atoms with Crippen molar-refractivity contribution in [2.45, 2.75) is 38.0 Å². The number of rotatable bonds is 2. The molecule has 1 aromatic heterocycles. The van der Waals surface area contributed by atoms with Crippen molar-refractivity contribution >= 4 is 5.82 Å². The van der Waals surface area contributed by atoms with E-state index in [-0.39, 0.29) is 11.2 Å². The Morgan fingerprint density at radius 2 is 1.84 bits per heavy atom. The minimum absolute atomic E-state index is 0.00562. The number of benzene rings is 1. The van der Waals surface area contributed by atoms with Crippen molar-refractivity contribution in [2.24, 2.45) is 0 Å². The summed E-state index contributed by atoms with van der Waals surface area (Å²) in [5.74, 6) is 0.969. The minimum atomic E-state index is -0.257. The summed E-state index contributed by atoms with van der Waals surface area (Å²) in [6.07, 6.45) is 4.55. The Balaban J connectivity index is 2.11. The lowest BCUT2D eigenvalue weighted by molar-refractivity contribution is 0.307. The summed E-state index contributed by atoms with van der Waals surface area (Å²) < 4.78 is 18.5. The quantitative estimate of drug-likeness (QED) is 0.891. The van der Waals surface area contributed by atoms with Gasteiger partial charge in [0.15, 0.2) is 11.6 Å². The van der Waals surface area contributed by atoms with Gasteiger partial charge in [-0.1, -0.05) is 37.1 Å². The zero-order chi connectivity index (χ0) is 13.5. The molecule has 19 heavy (non-hydrogen) atoms. The summed E-state index contributed by atoms with van der Waals surface area (Å²) in [4.78, 5) is 0. The Morgan fingerprint density at radius 1 is 1.21 bits per heavy atom. The van der Waals surface area contributed by atoms with E-state index in [4.69, 9.17) is 10.3 Å². The van der Waals surface area contributed by atoms with Crippen molar-refractivity contribution in [2.75, 3.05) is 5.73 Å². The molecule has 0 aliphatic heterocycles. The molecule has 1 heterocycles. The second kappa shape index (κ2) is 4.37. The van der Waals surface area contributed by atoms with Gasteiger partial charge in [0.2, 0.25) is 0 Å². The molecule has 2 N–H and O–H groups in total. The fourth-order valence-corrected chi connectivity index (χ4v) is 2.99. The molecule has 0 amide bonds. The van der Waals surface area contributed by atoms with Gasteiger partial charge in [0.1, 0.15) is 5.82 Å². The summed E-state index contributed by atoms with van der Waals surface area (Å²) in [6.45, 7) is 2.19. The van der Waals surface area contributed by atoms with Crippen LogP contribution < -0.4 is 5.73 Å². The molecule has 2 aromatic rings. The normalized spacial score (nSPS) is 17.8. The van der Waals surface area contributed by atoms with Crippen LogP contribution >= 0.6 is 0 Å². The number of nitrogen functional groups attached to an aromatic ring is 1. The van der Waals surface area contributed by atoms with Gasteiger partial charge < -0.3 is 10.3 Å². The summed E-state index contributed by atoms with van der Waals surface area (Å²) in [5, 5.41) is 3.91. The predicted octanol–water partition coefficient (Wildman–Crippen LogP) is 3.89. The molecule has 100 valence electrons. The van der Waals surface area contributed by atoms with Crippen LogP contribution in [0.2, 0.25) is 0 Å². The van der Waals surface area contributed by atoms with Crippen LogP contribution in [0.25, 0.3) is 11.1 Å². The highest BCUT2D eigenvalue weighted by atomic mass is 19.1. The highest BCUT2D eigenvalue weighted by molar-refractivity contribution is 5.76. The molecule has 1 saturated carbocycles. The van der Waals surface area contributed by atoms with Crippen LogP contribution in [-0.2, 0) is 5.41 Å². The van der Waals surface area contributed by atoms with Gasteiger partial charge in [-0.3, -0.25) is 0 Å². The molecule has 0 unspecified atom stereocenters. The maximum atomic E-state index is 13.0. The lowest BCUT2D eigenvalue weighted by Gasteiger charge is -2.21. The van der Waals surface area contributed by atoms with Crippen LogP contribution in [0.1, 0.15) is 38.4 Å². The summed E-state index contributed by atoms with van der Waals surface area (Å²) in [7, 11) is 0. The molecule has 0 spiro atoms. The summed E-state index contributed by atoms with van der Waals surface area (Å²) >= 11 is 0. The van der Waals surface area contributed by atoms with Crippen molar-refractivity contribution in [3.63, 3.8) is 0 Å². The zero-order valence-corrected chi connectivity index (χ0v) is 10.9. The zero-order valence-electron chi connectivity index (χ0n) is 10.9. The van der Waals surface area contributed by atoms with Crippen LogP contribution in [0.15, 0.2) is 28.8 Å². The third-order valence-corrected chi connectivity index (χ3v) is 4.11. The molecule has 1 fully saturated rings. The van der Waals surface area contributed by atoms with Gasteiger partial charge in [-0.15, -0.1) is 0 Å². The standard InChI is InChI=1S/C15H17FN2O/c1-15(8-2-3-9-15)13-12(14(17)18-19-13)10-4-6-11(16)7-5-10/h4-7H,2-3,8-9H2,1H3,(H2,17,18). The van der Waals surface area contributed by atoms with E-state index in [1.54, 1.807) is 12.1 Å². The Labute approximate surface area is 111 Å². The lowest BCUT2D eigenvalue weighted by atomic mass is 9.82. The van der Waals surface area contributed by atoms with Gasteiger partial charge in [-0.2, -0.15) is 0 Å². The first-order valence-electron chi connectivity index (χ1n) is 6.62. The second-order valence-electron chi connectivity index (χ2n) is 5.55. The second-order valence-corrected chi connectivity index (χ2v) is 5.55. The first kappa shape index (κ1) is 12.2. The van der Waals surface area contributed by atoms with E-state index >= 15 is 0 Å². The van der Waals surface area contributed by atoms with E-state index in [2.05, 4.69) is 12.1 Å². The summed E-state index contributed by atoms with van der Waals surface area (Å²) in [6, 6.07) is 6.31. The fraction of sp³-hybridized carbons (Fsp3) is 0.400. The van der Waals surface area contributed by atoms with Gasteiger partial charge in [-0.05, 0) is 30.5 Å². The van der Waals surface area contributed by atoms with Gasteiger partial charge in [-0.25, -0.2) is 4.39 Å². The van der Waals surface area contributed by atoms with E-state index < -0.39 is 0 Å². The van der Waals surface area contributed by atoms with Crippen LogP contribution in [0, 0.1) is 5.82 Å². The number of nitrogens with two attached hydrogens (primary N) is 1. The van der Waals surface area contributed by atoms with Crippen LogP contribution in [0.3, 0.4) is 0 Å². The van der Waals surface area contributed by atoms with Crippen molar-refractivity contribution < 1.29 is 8.91 Å². The van der Waals surface area contributed by atoms with Crippen molar-refractivity contribution in [3.8, 4) is 11.1 Å². The molecule has 4 heteroatoms. The third-order valence-electron chi connectivity index (χ3n) is 4.11. The largest absolute Gasteiger partial charge is 0.380 e. The van der Waals surface area contributed by atoms with Crippen LogP contribution in [-0.4, -0.2) is 5.16 Å². The molecule has 1 aliphatic rings. The van der Waals surface area contributed by atoms with Gasteiger partial charge in [0.05, 0.1) is 5.56 Å². The number of hydrogen-bond acceptors (Lipinski definition) is 3. The number of hydrogen-bond donors (Lipinski definition) is 1. The highest BCUT2D eigenvalue weighted by Crippen LogP contribution is 2.46. The molecule has 0 bridgehead atoms. The molecule has 0 radical (unpaired) electrons. The SMILES string of the molecule is CC1(c2onc(N)c2-c2ccc(F)cc2)CCCC1. The maximum Gasteiger partial charge on any atom is 0.175 e. The number of aromatic nitrogens is 1. The monoisotopic (exact) mass is 260 g/mol. The number of halogens is 1. The highest BCUT2D eigenvalue weighted by Gasteiger charge is 2.37. The molecule has 0 saturated heterocycles. The van der Waals surface area contributed by atoms with E-state index in [1.165, 1.54) is 25.0 Å². The minimum Gasteiger partial charge on any atom is -0.380 e. The first-order chi connectivity index (χ1) is 9.10. The molecule has 0 atom stereocenters. The molecule has 1 aromatic carbocycles. The Bertz CT molecular complexity index is 583. The lowest BCUT2D eigenvalue weighted by Crippen LogP contribution is -2.17. The molecule has 3 rings (SSSR count). The summed E-state index contributed by atoms with van der Waals surface area (Å²) in [5.41, 5.74) is 7.62. The van der Waals surface area contributed by atoms with E-state index in [9.17, 15) is 4.39 Å². The van der Waals surface area contributed by atoms with Crippen LogP contribution in [0.4, 0.5) is 10.2 Å². The van der Waals surface area contributed by atoms with Crippen molar-refractivity contribution in [1.29, 1.82) is 0 Å². The van der Waals surface area contributed by atoms with Gasteiger partial charge >= 0.3 is 0 Å². The molecule has 1 aliphatic carbocycles. The van der Waals surface area contributed by atoms with Crippen molar-refractivity contribution in [3.05, 3.63) is 35.8 Å². The molecular weight excluding hydrogens is 243 g/mol. The average molecular weight is 260 g/mol. The Kier molecular flexibility index (Phi) is 2.81. The average Bonchev–Trinajstić information content (AvgIpc) is 2.98. The van der Waals surface area contributed by atoms with Crippen LogP contribution in [0.5, 0.6) is 0 Å². The first-order valence-corrected chi connectivity index (χ1v) is 6.62.